The second kappa shape index (κ2) is 8.14. The third kappa shape index (κ3) is 3.98. The lowest BCUT2D eigenvalue weighted by atomic mass is 10.0. The SMILES string of the molecule is CCCN(C(=O)[C@H]1CCN1)C1CCNC1.Cl.Cl. The van der Waals surface area contributed by atoms with Crippen molar-refractivity contribution >= 4 is 30.7 Å². The number of amides is 1. The van der Waals surface area contributed by atoms with Gasteiger partial charge in [-0.25, -0.2) is 0 Å². The van der Waals surface area contributed by atoms with Crippen molar-refractivity contribution in [2.24, 2.45) is 0 Å². The highest BCUT2D eigenvalue weighted by atomic mass is 35.5. The van der Waals surface area contributed by atoms with E-state index < -0.39 is 0 Å². The lowest BCUT2D eigenvalue weighted by molar-refractivity contribution is -0.137. The monoisotopic (exact) mass is 283 g/mol. The van der Waals surface area contributed by atoms with E-state index in [0.717, 1.165) is 45.4 Å². The van der Waals surface area contributed by atoms with Crippen LogP contribution in [-0.4, -0.2) is 49.1 Å². The summed E-state index contributed by atoms with van der Waals surface area (Å²) < 4.78 is 0. The summed E-state index contributed by atoms with van der Waals surface area (Å²) in [6.07, 6.45) is 3.17. The predicted octanol–water partition coefficient (Wildman–Crippen LogP) is 0.792. The minimum absolute atomic E-state index is 0. The third-order valence-electron chi connectivity index (χ3n) is 3.34. The molecule has 2 fully saturated rings. The summed E-state index contributed by atoms with van der Waals surface area (Å²) in [4.78, 5) is 14.2. The Morgan fingerprint density at radius 3 is 2.41 bits per heavy atom. The van der Waals surface area contributed by atoms with Crippen LogP contribution in [0, 0.1) is 0 Å². The van der Waals surface area contributed by atoms with Crippen LogP contribution >= 0.6 is 24.8 Å². The molecule has 2 saturated heterocycles. The van der Waals surface area contributed by atoms with E-state index in [1.54, 1.807) is 0 Å². The van der Waals surface area contributed by atoms with Gasteiger partial charge in [0.1, 0.15) is 0 Å². The van der Waals surface area contributed by atoms with E-state index in [9.17, 15) is 4.79 Å². The van der Waals surface area contributed by atoms with Crippen molar-refractivity contribution in [2.45, 2.75) is 38.3 Å². The van der Waals surface area contributed by atoms with E-state index in [1.807, 2.05) is 0 Å². The third-order valence-corrected chi connectivity index (χ3v) is 3.34. The van der Waals surface area contributed by atoms with Crippen molar-refractivity contribution in [1.29, 1.82) is 0 Å². The van der Waals surface area contributed by atoms with Crippen molar-refractivity contribution in [3.05, 3.63) is 0 Å². The van der Waals surface area contributed by atoms with Gasteiger partial charge in [-0.2, -0.15) is 0 Å². The lowest BCUT2D eigenvalue weighted by Crippen LogP contribution is -2.57. The first-order valence-electron chi connectivity index (χ1n) is 6.07. The normalized spacial score (nSPS) is 26.4. The van der Waals surface area contributed by atoms with Gasteiger partial charge in [0.25, 0.3) is 0 Å². The molecule has 1 unspecified atom stereocenters. The number of rotatable bonds is 4. The van der Waals surface area contributed by atoms with Gasteiger partial charge >= 0.3 is 0 Å². The summed E-state index contributed by atoms with van der Waals surface area (Å²) in [5, 5.41) is 6.52. The van der Waals surface area contributed by atoms with Crippen LogP contribution in [0.2, 0.25) is 0 Å². The maximum Gasteiger partial charge on any atom is 0.240 e. The van der Waals surface area contributed by atoms with Crippen LogP contribution in [0.1, 0.15) is 26.2 Å². The smallest absolute Gasteiger partial charge is 0.240 e. The summed E-state index contributed by atoms with van der Waals surface area (Å²) in [6, 6.07) is 0.539. The molecule has 1 amide bonds. The molecule has 0 aromatic carbocycles. The van der Waals surface area contributed by atoms with Gasteiger partial charge in [0, 0.05) is 19.1 Å². The largest absolute Gasteiger partial charge is 0.337 e. The van der Waals surface area contributed by atoms with Crippen LogP contribution in [0.5, 0.6) is 0 Å². The van der Waals surface area contributed by atoms with Crippen molar-refractivity contribution in [1.82, 2.24) is 15.5 Å². The Kier molecular flexibility index (Phi) is 8.12. The molecule has 2 aliphatic rings. The van der Waals surface area contributed by atoms with Gasteiger partial charge in [-0.15, -0.1) is 24.8 Å². The Balaban J connectivity index is 0.00000128. The average molecular weight is 284 g/mol. The Morgan fingerprint density at radius 2 is 2.00 bits per heavy atom. The Labute approximate surface area is 116 Å². The zero-order valence-corrected chi connectivity index (χ0v) is 11.9. The molecule has 17 heavy (non-hydrogen) atoms. The fourth-order valence-electron chi connectivity index (χ4n) is 2.32. The quantitative estimate of drug-likeness (QED) is 0.802. The number of carbonyl (C=O) groups is 1. The molecule has 0 saturated carbocycles. The van der Waals surface area contributed by atoms with Crippen LogP contribution in [0.3, 0.4) is 0 Å². The molecule has 2 heterocycles. The summed E-state index contributed by atoms with van der Waals surface area (Å²) in [6.45, 7) is 6.06. The molecular weight excluding hydrogens is 261 g/mol. The van der Waals surface area contributed by atoms with E-state index >= 15 is 0 Å². The minimum Gasteiger partial charge on any atom is -0.337 e. The molecular formula is C11H23Cl2N3O. The van der Waals surface area contributed by atoms with Gasteiger partial charge in [-0.1, -0.05) is 6.92 Å². The summed E-state index contributed by atoms with van der Waals surface area (Å²) in [5.74, 6) is 0.316. The molecule has 6 heteroatoms. The first kappa shape index (κ1) is 17.0. The van der Waals surface area contributed by atoms with E-state index in [0.29, 0.717) is 11.9 Å². The number of carbonyl (C=O) groups excluding carboxylic acids is 1. The minimum atomic E-state index is 0. The number of hydrogen-bond donors (Lipinski definition) is 2. The molecule has 0 aromatic heterocycles. The van der Waals surface area contributed by atoms with Crippen LogP contribution in [0.4, 0.5) is 0 Å². The van der Waals surface area contributed by atoms with Crippen LogP contribution in [0.25, 0.3) is 0 Å². The lowest BCUT2D eigenvalue weighted by Gasteiger charge is -2.35. The molecule has 0 spiro atoms. The topological polar surface area (TPSA) is 44.4 Å². The Bertz CT molecular complexity index is 231. The second-order valence-corrected chi connectivity index (χ2v) is 4.47. The standard InChI is InChI=1S/C11H21N3O.2ClH/c1-2-7-14(9-3-5-12-8-9)11(15)10-4-6-13-10;;/h9-10,12-13H,2-8H2,1H3;2*1H/t9?,10-;;/m1../s1. The molecule has 102 valence electrons. The van der Waals surface area contributed by atoms with E-state index in [1.165, 1.54) is 0 Å². The first-order chi connectivity index (χ1) is 7.33. The van der Waals surface area contributed by atoms with Crippen molar-refractivity contribution in [3.63, 3.8) is 0 Å². The van der Waals surface area contributed by atoms with Crippen molar-refractivity contribution in [2.75, 3.05) is 26.2 Å². The molecule has 0 radical (unpaired) electrons. The maximum absolute atomic E-state index is 12.1. The summed E-state index contributed by atoms with van der Waals surface area (Å²) in [5.41, 5.74) is 0. The second-order valence-electron chi connectivity index (χ2n) is 4.47. The zero-order chi connectivity index (χ0) is 10.7. The van der Waals surface area contributed by atoms with Gasteiger partial charge in [0.2, 0.25) is 5.91 Å². The van der Waals surface area contributed by atoms with E-state index in [-0.39, 0.29) is 30.9 Å². The Morgan fingerprint density at radius 1 is 1.29 bits per heavy atom. The van der Waals surface area contributed by atoms with Gasteiger partial charge in [-0.3, -0.25) is 4.79 Å². The van der Waals surface area contributed by atoms with Gasteiger partial charge in [0.15, 0.2) is 0 Å². The molecule has 0 aliphatic carbocycles. The maximum atomic E-state index is 12.1. The van der Waals surface area contributed by atoms with Gasteiger partial charge in [-0.05, 0) is 32.4 Å². The highest BCUT2D eigenvalue weighted by Gasteiger charge is 2.33. The Hall–Kier alpha value is -0.0300. The van der Waals surface area contributed by atoms with Crippen molar-refractivity contribution in [3.8, 4) is 0 Å². The van der Waals surface area contributed by atoms with Crippen LogP contribution in [0.15, 0.2) is 0 Å². The van der Waals surface area contributed by atoms with Crippen molar-refractivity contribution < 1.29 is 4.79 Å². The highest BCUT2D eigenvalue weighted by Crippen LogP contribution is 2.14. The fourth-order valence-corrected chi connectivity index (χ4v) is 2.32. The van der Waals surface area contributed by atoms with Crippen LogP contribution < -0.4 is 10.6 Å². The summed E-state index contributed by atoms with van der Waals surface area (Å²) in [7, 11) is 0. The van der Waals surface area contributed by atoms with E-state index in [2.05, 4.69) is 22.5 Å². The molecule has 0 bridgehead atoms. The number of nitrogens with zero attached hydrogens (tertiary/aromatic N) is 1. The molecule has 2 atom stereocenters. The number of hydrogen-bond acceptors (Lipinski definition) is 3. The number of nitrogens with one attached hydrogen (secondary N) is 2. The molecule has 0 aromatic rings. The van der Waals surface area contributed by atoms with Gasteiger partial charge < -0.3 is 15.5 Å². The molecule has 2 N–H and O–H groups in total. The summed E-state index contributed by atoms with van der Waals surface area (Å²) >= 11 is 0. The fraction of sp³-hybridized carbons (Fsp3) is 0.909. The van der Waals surface area contributed by atoms with E-state index in [4.69, 9.17) is 0 Å². The van der Waals surface area contributed by atoms with Gasteiger partial charge in [0.05, 0.1) is 6.04 Å². The van der Waals surface area contributed by atoms with Crippen LogP contribution in [-0.2, 0) is 4.79 Å². The first-order valence-corrected chi connectivity index (χ1v) is 6.07. The highest BCUT2D eigenvalue weighted by molar-refractivity contribution is 5.85. The predicted molar refractivity (Wildman–Crippen MR) is 74.2 cm³/mol. The average Bonchev–Trinajstić information content (AvgIpc) is 2.63. The molecule has 2 rings (SSSR count). The molecule has 2 aliphatic heterocycles. The number of halogens is 2. The zero-order valence-electron chi connectivity index (χ0n) is 10.3. The molecule has 4 nitrogen and oxygen atoms in total.